The molecule has 1 amide bonds. The van der Waals surface area contributed by atoms with Crippen LogP contribution in [0, 0.1) is 4.77 Å². The number of nitrogens with zero attached hydrogens (tertiary/aromatic N) is 1. The van der Waals surface area contributed by atoms with Gasteiger partial charge in [-0.15, -0.1) is 0 Å². The minimum Gasteiger partial charge on any atom is -0.487 e. The molecule has 2 N–H and O–H groups in total. The summed E-state index contributed by atoms with van der Waals surface area (Å²) in [5.41, 5.74) is -0.151. The molecule has 0 atom stereocenters. The lowest BCUT2D eigenvalue weighted by Gasteiger charge is -2.19. The second kappa shape index (κ2) is 6.44. The molecule has 0 unspecified atom stereocenters. The highest BCUT2D eigenvalue weighted by Gasteiger charge is 2.58. The van der Waals surface area contributed by atoms with Crippen molar-refractivity contribution in [2.45, 2.75) is 18.5 Å². The number of aromatic nitrogens is 2. The van der Waals surface area contributed by atoms with Crippen molar-refractivity contribution in [3.8, 4) is 11.4 Å². The largest absolute Gasteiger partial charge is 0.487 e. The Balaban J connectivity index is 1.85. The Hall–Kier alpha value is -2.76. The maximum absolute atomic E-state index is 12.9. The number of amides is 1. The van der Waals surface area contributed by atoms with Crippen LogP contribution in [0.15, 0.2) is 29.1 Å². The summed E-state index contributed by atoms with van der Waals surface area (Å²) in [5, 5.41) is 2.45. The number of carbonyl (C=O) groups excluding carboxylic acids is 1. The molecule has 6 nitrogen and oxygen atoms in total. The number of hydrogen-bond acceptors (Lipinski definition) is 4. The molecule has 1 aliphatic rings. The number of halogens is 5. The van der Waals surface area contributed by atoms with Crippen LogP contribution in [0.1, 0.15) is 5.56 Å². The van der Waals surface area contributed by atoms with Crippen LogP contribution in [0.4, 0.5) is 27.8 Å². The summed E-state index contributed by atoms with van der Waals surface area (Å²) in [4.78, 5) is 26.6. The monoisotopic (exact) mass is 407 g/mol. The molecule has 0 radical (unpaired) electrons. The number of rotatable bonds is 4. The molecule has 2 aromatic rings. The number of hydrogen-bond donors (Lipinski definition) is 2. The molecule has 1 aromatic heterocycles. The van der Waals surface area contributed by atoms with E-state index in [0.29, 0.717) is 0 Å². The summed E-state index contributed by atoms with van der Waals surface area (Å²) in [7, 11) is 0. The van der Waals surface area contributed by atoms with Gasteiger partial charge in [0.1, 0.15) is 11.6 Å². The first-order valence-electron chi connectivity index (χ1n) is 7.35. The van der Waals surface area contributed by atoms with E-state index in [9.17, 15) is 31.5 Å². The fraction of sp³-hybridized carbons (Fsp3) is 0.267. The molecule has 2 heterocycles. The Labute approximate surface area is 152 Å². The molecule has 0 spiro atoms. The molecular formula is C15H10F5N3O3S. The van der Waals surface area contributed by atoms with E-state index >= 15 is 0 Å². The number of ether oxygens (including phenoxy) is 1. The fourth-order valence-electron chi connectivity index (χ4n) is 2.37. The van der Waals surface area contributed by atoms with Gasteiger partial charge in [-0.05, 0) is 36.5 Å². The Morgan fingerprint density at radius 3 is 2.33 bits per heavy atom. The third-order valence-corrected chi connectivity index (χ3v) is 4.01. The molecule has 0 fully saturated rings. The van der Waals surface area contributed by atoms with Crippen LogP contribution in [-0.2, 0) is 11.2 Å². The van der Waals surface area contributed by atoms with E-state index in [4.69, 9.17) is 12.2 Å². The molecule has 144 valence electrons. The van der Waals surface area contributed by atoms with Crippen molar-refractivity contribution in [2.24, 2.45) is 0 Å². The van der Waals surface area contributed by atoms with Crippen molar-refractivity contribution in [1.82, 2.24) is 9.55 Å². The average Bonchev–Trinajstić information content (AvgIpc) is 2.93. The Morgan fingerprint density at radius 1 is 1.11 bits per heavy atom. The maximum Gasteiger partial charge on any atom is 0.456 e. The molecule has 0 saturated heterocycles. The first-order valence-corrected chi connectivity index (χ1v) is 7.76. The quantitative estimate of drug-likeness (QED) is 0.604. The van der Waals surface area contributed by atoms with Gasteiger partial charge in [-0.25, -0.2) is 0 Å². The SMILES string of the molecule is O=C1Cc2c([nH]c(=S)n(-c3ccc(OCC(F)(F)C(F)(F)F)cc3)c2=O)N1. The van der Waals surface area contributed by atoms with Crippen molar-refractivity contribution < 1.29 is 31.5 Å². The van der Waals surface area contributed by atoms with Gasteiger partial charge in [-0.1, -0.05) is 0 Å². The van der Waals surface area contributed by atoms with Crippen LogP contribution in [0.3, 0.4) is 0 Å². The van der Waals surface area contributed by atoms with Gasteiger partial charge in [0, 0.05) is 0 Å². The zero-order valence-electron chi connectivity index (χ0n) is 13.2. The maximum atomic E-state index is 12.9. The van der Waals surface area contributed by atoms with Gasteiger partial charge in [-0.3, -0.25) is 14.2 Å². The van der Waals surface area contributed by atoms with Crippen LogP contribution >= 0.6 is 12.2 Å². The van der Waals surface area contributed by atoms with Gasteiger partial charge in [0.05, 0.1) is 17.7 Å². The van der Waals surface area contributed by atoms with Crippen molar-refractivity contribution in [3.63, 3.8) is 0 Å². The molecule has 12 heteroatoms. The lowest BCUT2D eigenvalue weighted by Crippen LogP contribution is -2.41. The number of alkyl halides is 5. The average molecular weight is 407 g/mol. The summed E-state index contributed by atoms with van der Waals surface area (Å²) < 4.78 is 67.7. The van der Waals surface area contributed by atoms with E-state index in [1.54, 1.807) is 0 Å². The third kappa shape index (κ3) is 3.56. The van der Waals surface area contributed by atoms with Crippen LogP contribution in [0.2, 0.25) is 0 Å². The number of H-pyrrole nitrogens is 1. The van der Waals surface area contributed by atoms with E-state index in [0.717, 1.165) is 16.7 Å². The van der Waals surface area contributed by atoms with E-state index in [1.165, 1.54) is 12.1 Å². The molecule has 0 bridgehead atoms. The zero-order chi connectivity index (χ0) is 20.0. The number of fused-ring (bicyclic) bond motifs is 1. The van der Waals surface area contributed by atoms with Gasteiger partial charge in [0.25, 0.3) is 5.56 Å². The Bertz CT molecular complexity index is 1010. The minimum absolute atomic E-state index is 0.0294. The highest BCUT2D eigenvalue weighted by molar-refractivity contribution is 7.71. The summed E-state index contributed by atoms with van der Waals surface area (Å²) in [6.45, 7) is -1.87. The van der Waals surface area contributed by atoms with Gasteiger partial charge in [-0.2, -0.15) is 22.0 Å². The summed E-state index contributed by atoms with van der Waals surface area (Å²) in [6, 6.07) is 4.78. The van der Waals surface area contributed by atoms with Crippen molar-refractivity contribution in [1.29, 1.82) is 0 Å². The minimum atomic E-state index is -5.72. The van der Waals surface area contributed by atoms with Gasteiger partial charge in [0.2, 0.25) is 5.91 Å². The van der Waals surface area contributed by atoms with Crippen LogP contribution in [0.25, 0.3) is 5.69 Å². The van der Waals surface area contributed by atoms with Crippen molar-refractivity contribution in [2.75, 3.05) is 11.9 Å². The molecule has 3 rings (SSSR count). The number of anilines is 1. The first-order chi connectivity index (χ1) is 12.5. The Morgan fingerprint density at radius 2 is 1.74 bits per heavy atom. The molecular weight excluding hydrogens is 397 g/mol. The molecule has 1 aliphatic heterocycles. The number of aromatic amines is 1. The van der Waals surface area contributed by atoms with Gasteiger partial charge in [0.15, 0.2) is 11.4 Å². The summed E-state index contributed by atoms with van der Waals surface area (Å²) in [5.74, 6) is -5.41. The Kier molecular flexibility index (Phi) is 4.54. The highest BCUT2D eigenvalue weighted by Crippen LogP contribution is 2.35. The second-order valence-corrected chi connectivity index (χ2v) is 6.02. The predicted molar refractivity (Wildman–Crippen MR) is 86.1 cm³/mol. The van der Waals surface area contributed by atoms with Crippen molar-refractivity contribution >= 4 is 23.9 Å². The first kappa shape index (κ1) is 19.0. The lowest BCUT2D eigenvalue weighted by atomic mass is 10.2. The number of carbonyl (C=O) groups is 1. The number of benzene rings is 1. The van der Waals surface area contributed by atoms with Crippen LogP contribution in [-0.4, -0.2) is 34.2 Å². The molecule has 0 saturated carbocycles. The molecule has 1 aromatic carbocycles. The molecule has 0 aliphatic carbocycles. The third-order valence-electron chi connectivity index (χ3n) is 3.73. The highest BCUT2D eigenvalue weighted by atomic mass is 32.1. The zero-order valence-corrected chi connectivity index (χ0v) is 14.0. The van der Waals surface area contributed by atoms with Crippen LogP contribution in [0.5, 0.6) is 5.75 Å². The van der Waals surface area contributed by atoms with E-state index in [2.05, 4.69) is 15.0 Å². The topological polar surface area (TPSA) is 76.1 Å². The van der Waals surface area contributed by atoms with E-state index in [-0.39, 0.29) is 39.9 Å². The van der Waals surface area contributed by atoms with Gasteiger partial charge >= 0.3 is 12.1 Å². The summed E-state index contributed by atoms with van der Waals surface area (Å²) >= 11 is 5.08. The van der Waals surface area contributed by atoms with Crippen molar-refractivity contribution in [3.05, 3.63) is 45.0 Å². The second-order valence-electron chi connectivity index (χ2n) is 5.63. The van der Waals surface area contributed by atoms with E-state index < -0.39 is 24.3 Å². The van der Waals surface area contributed by atoms with Gasteiger partial charge < -0.3 is 15.0 Å². The normalized spacial score (nSPS) is 14.0. The standard InChI is InChI=1S/C15H10F5N3O3S/c16-14(17,15(18,19)20)6-26-8-3-1-7(2-4-8)23-12(25)9-5-10(24)21-11(9)22-13(23)27/h1-4H,5-6H2,(H,21,24)(H,22,27). The smallest absolute Gasteiger partial charge is 0.456 e. The van der Waals surface area contributed by atoms with E-state index in [1.807, 2.05) is 0 Å². The van der Waals surface area contributed by atoms with Crippen LogP contribution < -0.4 is 15.6 Å². The fourth-order valence-corrected chi connectivity index (χ4v) is 2.66. The lowest BCUT2D eigenvalue weighted by molar-refractivity contribution is -0.290. The number of nitrogens with one attached hydrogen (secondary N) is 2. The predicted octanol–water partition coefficient (Wildman–Crippen LogP) is 2.97. The molecule has 27 heavy (non-hydrogen) atoms. The summed E-state index contributed by atoms with van der Waals surface area (Å²) in [6.07, 6.45) is -5.85.